The molecule has 1 aromatic carbocycles. The lowest BCUT2D eigenvalue weighted by atomic mass is 10.0. The number of carbonyl (C=O) groups excluding carboxylic acids is 1. The molecule has 2 atom stereocenters. The normalized spacial score (nSPS) is 25.4. The third-order valence-electron chi connectivity index (χ3n) is 6.11. The molecular formula is C22H32N4O2. The predicted octanol–water partition coefficient (Wildman–Crippen LogP) is 2.20. The van der Waals surface area contributed by atoms with E-state index in [-0.39, 0.29) is 12.5 Å². The van der Waals surface area contributed by atoms with Crippen molar-refractivity contribution >= 4 is 16.8 Å². The largest absolute Gasteiger partial charge is 0.373 e. The van der Waals surface area contributed by atoms with Crippen LogP contribution in [-0.4, -0.2) is 64.7 Å². The van der Waals surface area contributed by atoms with Crippen LogP contribution in [0.2, 0.25) is 0 Å². The van der Waals surface area contributed by atoms with Crippen LogP contribution in [0.25, 0.3) is 10.9 Å². The van der Waals surface area contributed by atoms with Gasteiger partial charge in [-0.2, -0.15) is 0 Å². The highest BCUT2D eigenvalue weighted by Gasteiger charge is 2.30. The summed E-state index contributed by atoms with van der Waals surface area (Å²) in [7, 11) is 0. The van der Waals surface area contributed by atoms with Gasteiger partial charge in [0, 0.05) is 42.8 Å². The van der Waals surface area contributed by atoms with Crippen LogP contribution < -0.4 is 5.73 Å². The van der Waals surface area contributed by atoms with E-state index in [4.69, 9.17) is 10.5 Å². The average molecular weight is 385 g/mol. The number of amides is 1. The zero-order valence-electron chi connectivity index (χ0n) is 17.0. The second kappa shape index (κ2) is 8.23. The Morgan fingerprint density at radius 1 is 1.14 bits per heavy atom. The van der Waals surface area contributed by atoms with Crippen LogP contribution in [0.15, 0.2) is 30.5 Å². The maximum absolute atomic E-state index is 11.4. The predicted molar refractivity (Wildman–Crippen MR) is 111 cm³/mol. The third-order valence-corrected chi connectivity index (χ3v) is 6.11. The fourth-order valence-electron chi connectivity index (χ4n) is 4.95. The molecule has 0 spiro atoms. The average Bonchev–Trinajstić information content (AvgIpc) is 2.98. The van der Waals surface area contributed by atoms with Crippen molar-refractivity contribution in [3.05, 3.63) is 36.0 Å². The number of benzene rings is 1. The molecular weight excluding hydrogens is 352 g/mol. The SMILES string of the molecule is C[C@@H]1CN(C2CCN(Cc3cn(CC(N)=O)c4ccccc34)CC2)C[C@@H](C)O1. The molecule has 4 rings (SSSR count). The van der Waals surface area contributed by atoms with E-state index in [0.29, 0.717) is 18.2 Å². The lowest BCUT2D eigenvalue weighted by Crippen LogP contribution is -2.53. The van der Waals surface area contributed by atoms with Crippen molar-refractivity contribution in [2.45, 2.75) is 58.0 Å². The lowest BCUT2D eigenvalue weighted by Gasteiger charge is -2.43. The zero-order chi connectivity index (χ0) is 19.7. The number of fused-ring (bicyclic) bond motifs is 1. The number of nitrogens with two attached hydrogens (primary N) is 1. The van der Waals surface area contributed by atoms with Crippen molar-refractivity contribution in [2.75, 3.05) is 26.2 Å². The van der Waals surface area contributed by atoms with Gasteiger partial charge in [0.2, 0.25) is 5.91 Å². The topological polar surface area (TPSA) is 63.7 Å². The molecule has 2 N–H and O–H groups in total. The molecule has 2 aromatic rings. The van der Waals surface area contributed by atoms with E-state index in [2.05, 4.69) is 48.0 Å². The van der Waals surface area contributed by atoms with E-state index in [1.165, 1.54) is 23.8 Å². The molecule has 0 bridgehead atoms. The standard InChI is InChI=1S/C22H32N4O2/c1-16-11-25(12-17(2)28-16)19-7-9-24(10-8-19)13-18-14-26(15-22(23)27)21-6-4-3-5-20(18)21/h3-6,14,16-17,19H,7-13,15H2,1-2H3,(H2,23,27)/t16-,17-/m1/s1. The van der Waals surface area contributed by atoms with Gasteiger partial charge in [-0.3, -0.25) is 14.6 Å². The first-order valence-corrected chi connectivity index (χ1v) is 10.5. The first kappa shape index (κ1) is 19.4. The van der Waals surface area contributed by atoms with E-state index in [9.17, 15) is 4.79 Å². The molecule has 1 aromatic heterocycles. The number of para-hydroxylation sites is 1. The highest BCUT2D eigenvalue weighted by Crippen LogP contribution is 2.26. The number of hydrogen-bond acceptors (Lipinski definition) is 4. The summed E-state index contributed by atoms with van der Waals surface area (Å²) in [5.74, 6) is -0.304. The van der Waals surface area contributed by atoms with Crippen molar-refractivity contribution in [3.63, 3.8) is 0 Å². The molecule has 3 heterocycles. The van der Waals surface area contributed by atoms with Crippen LogP contribution in [0.3, 0.4) is 0 Å². The van der Waals surface area contributed by atoms with Gasteiger partial charge in [-0.15, -0.1) is 0 Å². The van der Waals surface area contributed by atoms with E-state index in [1.807, 2.05) is 10.6 Å². The maximum Gasteiger partial charge on any atom is 0.237 e. The van der Waals surface area contributed by atoms with Crippen LogP contribution in [0.1, 0.15) is 32.3 Å². The molecule has 1 amide bonds. The van der Waals surface area contributed by atoms with Crippen molar-refractivity contribution in [3.8, 4) is 0 Å². The first-order chi connectivity index (χ1) is 13.5. The maximum atomic E-state index is 11.4. The molecule has 0 aliphatic carbocycles. The summed E-state index contributed by atoms with van der Waals surface area (Å²) >= 11 is 0. The van der Waals surface area contributed by atoms with Crippen LogP contribution in [0.5, 0.6) is 0 Å². The highest BCUT2D eigenvalue weighted by molar-refractivity contribution is 5.85. The minimum atomic E-state index is -0.304. The van der Waals surface area contributed by atoms with Crippen LogP contribution in [0, 0.1) is 0 Å². The summed E-state index contributed by atoms with van der Waals surface area (Å²) in [6.07, 6.45) is 5.18. The molecule has 6 heteroatoms. The summed E-state index contributed by atoms with van der Waals surface area (Å²) in [6, 6.07) is 8.95. The van der Waals surface area contributed by atoms with Gasteiger partial charge in [0.15, 0.2) is 0 Å². The molecule has 0 radical (unpaired) electrons. The van der Waals surface area contributed by atoms with Crippen molar-refractivity contribution < 1.29 is 9.53 Å². The molecule has 0 saturated carbocycles. The molecule has 152 valence electrons. The Balaban J connectivity index is 1.40. The number of rotatable bonds is 5. The zero-order valence-corrected chi connectivity index (χ0v) is 17.0. The van der Waals surface area contributed by atoms with Gasteiger partial charge in [-0.25, -0.2) is 0 Å². The molecule has 2 fully saturated rings. The fraction of sp³-hybridized carbons (Fsp3) is 0.591. The summed E-state index contributed by atoms with van der Waals surface area (Å²) in [4.78, 5) is 16.6. The van der Waals surface area contributed by atoms with Crippen LogP contribution in [0.4, 0.5) is 0 Å². The summed E-state index contributed by atoms with van der Waals surface area (Å²) in [5.41, 5.74) is 7.80. The number of hydrogen-bond donors (Lipinski definition) is 1. The number of primary amides is 1. The van der Waals surface area contributed by atoms with Gasteiger partial charge in [0.1, 0.15) is 6.54 Å². The minimum Gasteiger partial charge on any atom is -0.373 e. The fourth-order valence-corrected chi connectivity index (χ4v) is 4.95. The number of carbonyl (C=O) groups is 1. The second-order valence-corrected chi connectivity index (χ2v) is 8.48. The smallest absolute Gasteiger partial charge is 0.237 e. The van der Waals surface area contributed by atoms with E-state index < -0.39 is 0 Å². The van der Waals surface area contributed by atoms with E-state index >= 15 is 0 Å². The molecule has 2 saturated heterocycles. The molecule has 2 aliphatic heterocycles. The number of aromatic nitrogens is 1. The highest BCUT2D eigenvalue weighted by atomic mass is 16.5. The monoisotopic (exact) mass is 384 g/mol. The van der Waals surface area contributed by atoms with Gasteiger partial charge < -0.3 is 15.0 Å². The Labute approximate surface area is 167 Å². The number of ether oxygens (including phenoxy) is 1. The molecule has 6 nitrogen and oxygen atoms in total. The summed E-state index contributed by atoms with van der Waals surface area (Å²) < 4.78 is 7.87. The van der Waals surface area contributed by atoms with Gasteiger partial charge >= 0.3 is 0 Å². The molecule has 2 aliphatic rings. The first-order valence-electron chi connectivity index (χ1n) is 10.5. The number of nitrogens with zero attached hydrogens (tertiary/aromatic N) is 3. The molecule has 0 unspecified atom stereocenters. The Hall–Kier alpha value is -1.89. The number of morpholine rings is 1. The number of piperidine rings is 1. The molecule has 28 heavy (non-hydrogen) atoms. The van der Waals surface area contributed by atoms with E-state index in [1.54, 1.807) is 0 Å². The second-order valence-electron chi connectivity index (χ2n) is 8.48. The Kier molecular flexibility index (Phi) is 5.71. The minimum absolute atomic E-state index is 0.232. The Bertz CT molecular complexity index is 815. The quantitative estimate of drug-likeness (QED) is 0.858. The van der Waals surface area contributed by atoms with Gasteiger partial charge in [-0.05, 0) is 51.4 Å². The van der Waals surface area contributed by atoms with E-state index in [0.717, 1.165) is 38.2 Å². The Morgan fingerprint density at radius 3 is 2.50 bits per heavy atom. The summed E-state index contributed by atoms with van der Waals surface area (Å²) in [6.45, 7) is 9.84. The Morgan fingerprint density at radius 2 is 1.82 bits per heavy atom. The summed E-state index contributed by atoms with van der Waals surface area (Å²) in [5, 5.41) is 1.22. The van der Waals surface area contributed by atoms with Crippen molar-refractivity contribution in [2.24, 2.45) is 5.73 Å². The van der Waals surface area contributed by atoms with Crippen molar-refractivity contribution in [1.82, 2.24) is 14.4 Å². The van der Waals surface area contributed by atoms with Gasteiger partial charge in [0.05, 0.1) is 12.2 Å². The van der Waals surface area contributed by atoms with Crippen LogP contribution in [-0.2, 0) is 22.6 Å². The van der Waals surface area contributed by atoms with Gasteiger partial charge in [-0.1, -0.05) is 18.2 Å². The van der Waals surface area contributed by atoms with Crippen LogP contribution >= 0.6 is 0 Å². The number of likely N-dealkylation sites (tertiary alicyclic amines) is 1. The third kappa shape index (κ3) is 4.24. The lowest BCUT2D eigenvalue weighted by molar-refractivity contribution is -0.118. The van der Waals surface area contributed by atoms with Gasteiger partial charge in [0.25, 0.3) is 0 Å². The van der Waals surface area contributed by atoms with Crippen molar-refractivity contribution in [1.29, 1.82) is 0 Å².